The van der Waals surface area contributed by atoms with Crippen LogP contribution in [0, 0.1) is 6.92 Å². The number of imidazole rings is 1. The molecule has 3 aromatic rings. The van der Waals surface area contributed by atoms with Crippen LogP contribution in [0.5, 0.6) is 5.75 Å². The summed E-state index contributed by atoms with van der Waals surface area (Å²) in [5.41, 5.74) is 3.13. The molecular weight excluding hydrogens is 314 g/mol. The lowest BCUT2D eigenvalue weighted by molar-refractivity contribution is -0.118. The van der Waals surface area contributed by atoms with Gasteiger partial charge in [-0.1, -0.05) is 44.5 Å². The van der Waals surface area contributed by atoms with Crippen LogP contribution in [0.3, 0.4) is 0 Å². The lowest BCUT2D eigenvalue weighted by Crippen LogP contribution is -2.23. The molecule has 130 valence electrons. The third kappa shape index (κ3) is 3.82. The number of nitrogens with zero attached hydrogens (tertiary/aromatic N) is 2. The quantitative estimate of drug-likeness (QED) is 0.784. The maximum absolute atomic E-state index is 12.3. The summed E-state index contributed by atoms with van der Waals surface area (Å²) in [5, 5.41) is 2.79. The Balaban J connectivity index is 1.71. The number of fused-ring (bicyclic) bond motifs is 1. The number of aromatic nitrogens is 2. The van der Waals surface area contributed by atoms with Crippen LogP contribution >= 0.6 is 0 Å². The van der Waals surface area contributed by atoms with Gasteiger partial charge < -0.3 is 4.74 Å². The van der Waals surface area contributed by atoms with E-state index in [1.807, 2.05) is 40.9 Å². The van der Waals surface area contributed by atoms with Crippen molar-refractivity contribution >= 4 is 17.4 Å². The molecule has 3 rings (SSSR count). The van der Waals surface area contributed by atoms with Crippen LogP contribution in [-0.4, -0.2) is 21.9 Å². The van der Waals surface area contributed by atoms with Crippen LogP contribution in [0.2, 0.25) is 0 Å². The first kappa shape index (κ1) is 17.0. The first-order valence-corrected chi connectivity index (χ1v) is 8.30. The molecule has 0 saturated heterocycles. The van der Waals surface area contributed by atoms with E-state index in [0.717, 1.165) is 16.8 Å². The van der Waals surface area contributed by atoms with Gasteiger partial charge in [0, 0.05) is 6.20 Å². The van der Waals surface area contributed by atoms with Crippen molar-refractivity contribution in [2.75, 3.05) is 11.9 Å². The van der Waals surface area contributed by atoms with Crippen LogP contribution in [0.1, 0.15) is 31.9 Å². The Morgan fingerprint density at radius 3 is 2.80 bits per heavy atom. The molecule has 25 heavy (non-hydrogen) atoms. The molecule has 0 saturated carbocycles. The van der Waals surface area contributed by atoms with Crippen molar-refractivity contribution in [3.05, 3.63) is 59.9 Å². The molecule has 0 fully saturated rings. The van der Waals surface area contributed by atoms with Crippen molar-refractivity contribution in [2.45, 2.75) is 33.1 Å². The van der Waals surface area contributed by atoms with E-state index in [9.17, 15) is 4.79 Å². The highest BCUT2D eigenvalue weighted by Gasteiger charge is 2.20. The summed E-state index contributed by atoms with van der Waals surface area (Å²) in [6, 6.07) is 11.8. The Hall–Kier alpha value is -2.82. The Kier molecular flexibility index (Phi) is 4.49. The van der Waals surface area contributed by atoms with Gasteiger partial charge in [-0.15, -0.1) is 0 Å². The minimum absolute atomic E-state index is 0.0584. The number of rotatable bonds is 4. The number of carbonyl (C=O) groups is 1. The van der Waals surface area contributed by atoms with Gasteiger partial charge in [0.15, 0.2) is 6.61 Å². The van der Waals surface area contributed by atoms with Crippen LogP contribution in [0.4, 0.5) is 5.95 Å². The first-order valence-electron chi connectivity index (χ1n) is 8.30. The second kappa shape index (κ2) is 6.59. The van der Waals surface area contributed by atoms with Crippen LogP contribution in [0.15, 0.2) is 48.8 Å². The van der Waals surface area contributed by atoms with Crippen LogP contribution < -0.4 is 10.1 Å². The summed E-state index contributed by atoms with van der Waals surface area (Å²) in [6.07, 6.45) is 3.57. The molecule has 2 aromatic heterocycles. The number of benzene rings is 1. The SMILES string of the molecule is Cc1ccc(OCC(=O)Nc2ncc3ccccn23)c(C(C)(C)C)c1. The monoisotopic (exact) mass is 337 g/mol. The minimum atomic E-state index is -0.239. The Labute approximate surface area is 147 Å². The highest BCUT2D eigenvalue weighted by atomic mass is 16.5. The smallest absolute Gasteiger partial charge is 0.264 e. The lowest BCUT2D eigenvalue weighted by Gasteiger charge is -2.23. The van der Waals surface area contributed by atoms with Gasteiger partial charge >= 0.3 is 0 Å². The van der Waals surface area contributed by atoms with Gasteiger partial charge in [-0.05, 0) is 36.1 Å². The number of ether oxygens (including phenoxy) is 1. The number of nitrogens with one attached hydrogen (secondary N) is 1. The zero-order chi connectivity index (χ0) is 18.0. The highest BCUT2D eigenvalue weighted by molar-refractivity contribution is 5.90. The fraction of sp³-hybridized carbons (Fsp3) is 0.300. The third-order valence-electron chi connectivity index (χ3n) is 3.99. The molecule has 1 N–H and O–H groups in total. The van der Waals surface area contributed by atoms with Gasteiger partial charge in [-0.3, -0.25) is 14.5 Å². The Bertz CT molecular complexity index is 907. The maximum atomic E-state index is 12.3. The molecular formula is C20H23N3O2. The van der Waals surface area contributed by atoms with E-state index in [1.54, 1.807) is 6.20 Å². The van der Waals surface area contributed by atoms with E-state index in [4.69, 9.17) is 4.74 Å². The number of aryl methyl sites for hydroxylation is 1. The average molecular weight is 337 g/mol. The molecule has 1 aromatic carbocycles. The number of amides is 1. The van der Waals surface area contributed by atoms with Crippen molar-refractivity contribution < 1.29 is 9.53 Å². The van der Waals surface area contributed by atoms with Crippen LogP contribution in [-0.2, 0) is 10.2 Å². The third-order valence-corrected chi connectivity index (χ3v) is 3.99. The number of hydrogen-bond acceptors (Lipinski definition) is 3. The maximum Gasteiger partial charge on any atom is 0.264 e. The fourth-order valence-electron chi connectivity index (χ4n) is 2.70. The van der Waals surface area contributed by atoms with Crippen LogP contribution in [0.25, 0.3) is 5.52 Å². The molecule has 0 aliphatic rings. The minimum Gasteiger partial charge on any atom is -0.483 e. The predicted octanol–water partition coefficient (Wildman–Crippen LogP) is 3.96. The van der Waals surface area contributed by atoms with E-state index in [1.165, 1.54) is 5.56 Å². The van der Waals surface area contributed by atoms with E-state index in [2.05, 4.69) is 44.1 Å². The Morgan fingerprint density at radius 2 is 2.04 bits per heavy atom. The fourth-order valence-corrected chi connectivity index (χ4v) is 2.70. The molecule has 0 atom stereocenters. The van der Waals surface area contributed by atoms with Crippen molar-refractivity contribution in [3.63, 3.8) is 0 Å². The highest BCUT2D eigenvalue weighted by Crippen LogP contribution is 2.32. The summed E-state index contributed by atoms with van der Waals surface area (Å²) in [5.74, 6) is 0.988. The number of carbonyl (C=O) groups excluding carboxylic acids is 1. The van der Waals surface area contributed by atoms with Crippen molar-refractivity contribution in [1.29, 1.82) is 0 Å². The molecule has 1 amide bonds. The van der Waals surface area contributed by atoms with Gasteiger partial charge in [0.05, 0.1) is 11.7 Å². The second-order valence-electron chi connectivity index (χ2n) is 7.16. The average Bonchev–Trinajstić information content (AvgIpc) is 2.96. The molecule has 0 radical (unpaired) electrons. The summed E-state index contributed by atoms with van der Waals surface area (Å²) >= 11 is 0. The van der Waals surface area contributed by atoms with Gasteiger partial charge in [0.1, 0.15) is 5.75 Å². The summed E-state index contributed by atoms with van der Waals surface area (Å²) in [7, 11) is 0. The van der Waals surface area contributed by atoms with E-state index < -0.39 is 0 Å². The zero-order valence-corrected chi connectivity index (χ0v) is 15.0. The van der Waals surface area contributed by atoms with Crippen molar-refractivity contribution in [1.82, 2.24) is 9.38 Å². The zero-order valence-electron chi connectivity index (χ0n) is 15.0. The molecule has 2 heterocycles. The topological polar surface area (TPSA) is 55.6 Å². The second-order valence-corrected chi connectivity index (χ2v) is 7.16. The molecule has 0 bridgehead atoms. The summed E-state index contributed by atoms with van der Waals surface area (Å²) < 4.78 is 7.62. The normalized spacial score (nSPS) is 11.5. The van der Waals surface area contributed by atoms with E-state index >= 15 is 0 Å². The van der Waals surface area contributed by atoms with E-state index in [-0.39, 0.29) is 17.9 Å². The predicted molar refractivity (Wildman–Crippen MR) is 99.2 cm³/mol. The van der Waals surface area contributed by atoms with Gasteiger partial charge in [-0.2, -0.15) is 0 Å². The lowest BCUT2D eigenvalue weighted by atomic mass is 9.85. The molecule has 0 aliphatic heterocycles. The van der Waals surface area contributed by atoms with Gasteiger partial charge in [0.25, 0.3) is 5.91 Å². The number of pyridine rings is 1. The molecule has 5 nitrogen and oxygen atoms in total. The van der Waals surface area contributed by atoms with Gasteiger partial charge in [0.2, 0.25) is 5.95 Å². The molecule has 5 heteroatoms. The molecule has 0 aliphatic carbocycles. The summed E-state index contributed by atoms with van der Waals surface area (Å²) in [6.45, 7) is 8.38. The molecule has 0 unspecified atom stereocenters. The number of anilines is 1. The van der Waals surface area contributed by atoms with Gasteiger partial charge in [-0.25, -0.2) is 4.98 Å². The number of hydrogen-bond donors (Lipinski definition) is 1. The van der Waals surface area contributed by atoms with Crippen molar-refractivity contribution in [2.24, 2.45) is 0 Å². The first-order chi connectivity index (χ1) is 11.8. The van der Waals surface area contributed by atoms with Crippen molar-refractivity contribution in [3.8, 4) is 5.75 Å². The van der Waals surface area contributed by atoms with E-state index in [0.29, 0.717) is 5.95 Å². The Morgan fingerprint density at radius 1 is 1.24 bits per heavy atom. The standard InChI is InChI=1S/C20H23N3O2/c1-14-8-9-17(16(11-14)20(2,3)4)25-13-18(24)22-19-21-12-15-7-5-6-10-23(15)19/h5-12H,13H2,1-4H3,(H,21,22,24). The largest absolute Gasteiger partial charge is 0.483 e. The molecule has 0 spiro atoms. The summed E-state index contributed by atoms with van der Waals surface area (Å²) in [4.78, 5) is 16.5.